The molecule has 11 heteroatoms. The van der Waals surface area contributed by atoms with Gasteiger partial charge in [-0.25, -0.2) is 8.42 Å². The molecular weight excluding hydrogens is 418 g/mol. The van der Waals surface area contributed by atoms with E-state index >= 15 is 0 Å². The van der Waals surface area contributed by atoms with Crippen molar-refractivity contribution in [3.05, 3.63) is 24.3 Å². The van der Waals surface area contributed by atoms with Crippen molar-refractivity contribution in [2.24, 2.45) is 0 Å². The van der Waals surface area contributed by atoms with Crippen LogP contribution in [0.5, 0.6) is 0 Å². The van der Waals surface area contributed by atoms with Crippen LogP contribution < -0.4 is 15.5 Å². The summed E-state index contributed by atoms with van der Waals surface area (Å²) in [6, 6.07) is 8.14. The molecule has 1 aliphatic carbocycles. The average Bonchev–Trinajstić information content (AvgIpc) is 3.43. The Kier molecular flexibility index (Phi) is 4.77. The molecule has 0 amide bonds. The zero-order valence-corrected chi connectivity index (χ0v) is 17.9. The number of ketones is 1. The van der Waals surface area contributed by atoms with Crippen molar-refractivity contribution in [2.45, 2.75) is 36.8 Å². The number of rotatable bonds is 6. The van der Waals surface area contributed by atoms with E-state index in [-0.39, 0.29) is 11.1 Å². The van der Waals surface area contributed by atoms with Crippen molar-refractivity contribution >= 4 is 49.8 Å². The number of aromatic nitrogens is 4. The predicted molar refractivity (Wildman–Crippen MR) is 118 cm³/mol. The monoisotopic (exact) mass is 441 g/mol. The van der Waals surface area contributed by atoms with Crippen LogP contribution in [-0.4, -0.2) is 59.8 Å². The molecule has 0 unspecified atom stereocenters. The van der Waals surface area contributed by atoms with E-state index in [0.717, 1.165) is 43.6 Å². The summed E-state index contributed by atoms with van der Waals surface area (Å²) >= 11 is 0. The largest absolute Gasteiger partial charge is 0.371 e. The van der Waals surface area contributed by atoms with Crippen LogP contribution in [0.2, 0.25) is 0 Å². The fourth-order valence-electron chi connectivity index (χ4n) is 3.65. The minimum atomic E-state index is -3.52. The van der Waals surface area contributed by atoms with Gasteiger partial charge in [0.05, 0.1) is 0 Å². The molecule has 2 aromatic heterocycles. The van der Waals surface area contributed by atoms with Crippen LogP contribution in [0.15, 0.2) is 29.3 Å². The van der Waals surface area contributed by atoms with Gasteiger partial charge in [-0.05, 0) is 37.1 Å². The number of sulfone groups is 1. The van der Waals surface area contributed by atoms with Crippen LogP contribution >= 0.6 is 0 Å². The first-order valence-electron chi connectivity index (χ1n) is 10.2. The van der Waals surface area contributed by atoms with Crippen molar-refractivity contribution in [2.75, 3.05) is 34.9 Å². The SMILES string of the molecule is CS(=O)(=O)c1n[nH]c2nc(Nc3ccc(N4CCC(=O)CC4)cc3)nc(NC3CC3)c12. The summed E-state index contributed by atoms with van der Waals surface area (Å²) in [7, 11) is -3.52. The van der Waals surface area contributed by atoms with Crippen LogP contribution in [0.3, 0.4) is 0 Å². The Morgan fingerprint density at radius 2 is 1.81 bits per heavy atom. The molecule has 3 N–H and O–H groups in total. The van der Waals surface area contributed by atoms with Gasteiger partial charge in [-0.3, -0.25) is 9.89 Å². The molecule has 0 radical (unpaired) electrons. The Morgan fingerprint density at radius 1 is 1.10 bits per heavy atom. The zero-order valence-electron chi connectivity index (χ0n) is 17.1. The molecule has 3 aromatic rings. The first-order chi connectivity index (χ1) is 14.9. The van der Waals surface area contributed by atoms with Crippen molar-refractivity contribution < 1.29 is 13.2 Å². The summed E-state index contributed by atoms with van der Waals surface area (Å²) in [6.45, 7) is 1.48. The van der Waals surface area contributed by atoms with Gasteiger partial charge >= 0.3 is 0 Å². The molecule has 10 nitrogen and oxygen atoms in total. The van der Waals surface area contributed by atoms with Crippen LogP contribution in [0.1, 0.15) is 25.7 Å². The number of carbonyl (C=O) groups excluding carboxylic acids is 1. The second kappa shape index (κ2) is 7.49. The second-order valence-electron chi connectivity index (χ2n) is 8.04. The third kappa shape index (κ3) is 4.18. The fraction of sp³-hybridized carbons (Fsp3) is 0.400. The Balaban J connectivity index is 1.42. The van der Waals surface area contributed by atoms with Crippen molar-refractivity contribution in [3.63, 3.8) is 0 Å². The lowest BCUT2D eigenvalue weighted by Crippen LogP contribution is -2.33. The molecule has 0 atom stereocenters. The van der Waals surface area contributed by atoms with Crippen molar-refractivity contribution in [1.29, 1.82) is 0 Å². The molecule has 5 rings (SSSR count). The third-order valence-electron chi connectivity index (χ3n) is 5.47. The lowest BCUT2D eigenvalue weighted by Gasteiger charge is -2.28. The topological polar surface area (TPSA) is 133 Å². The molecule has 3 heterocycles. The summed E-state index contributed by atoms with van der Waals surface area (Å²) in [5.41, 5.74) is 2.23. The maximum absolute atomic E-state index is 12.1. The molecule has 2 aliphatic rings. The first kappa shape index (κ1) is 19.7. The Hall–Kier alpha value is -3.21. The highest BCUT2D eigenvalue weighted by atomic mass is 32.2. The Bertz CT molecular complexity index is 1240. The van der Waals surface area contributed by atoms with E-state index in [4.69, 9.17) is 0 Å². The number of Topliss-reactive ketones (excluding diaryl/α,β-unsaturated/α-hetero) is 1. The number of hydrogen-bond donors (Lipinski definition) is 3. The van der Waals surface area contributed by atoms with Crippen molar-refractivity contribution in [1.82, 2.24) is 20.2 Å². The van der Waals surface area contributed by atoms with Crippen LogP contribution in [0.25, 0.3) is 11.0 Å². The van der Waals surface area contributed by atoms with Gasteiger partial charge < -0.3 is 15.5 Å². The quantitative estimate of drug-likeness (QED) is 0.526. The molecule has 1 aromatic carbocycles. The molecular formula is C20H23N7O3S. The number of nitrogens with zero attached hydrogens (tertiary/aromatic N) is 4. The van der Waals surface area contributed by atoms with Gasteiger partial charge in [0, 0.05) is 49.6 Å². The molecule has 0 spiro atoms. The zero-order chi connectivity index (χ0) is 21.6. The number of benzene rings is 1. The first-order valence-corrected chi connectivity index (χ1v) is 12.1. The van der Waals surface area contributed by atoms with E-state index in [1.54, 1.807) is 0 Å². The van der Waals surface area contributed by atoms with Gasteiger partial charge in [-0.1, -0.05) is 0 Å². The summed E-state index contributed by atoms with van der Waals surface area (Å²) < 4.78 is 24.2. The van der Waals surface area contributed by atoms with E-state index in [9.17, 15) is 13.2 Å². The van der Waals surface area contributed by atoms with Gasteiger partial charge in [0.2, 0.25) is 5.95 Å². The molecule has 162 valence electrons. The minimum Gasteiger partial charge on any atom is -0.371 e. The number of carbonyl (C=O) groups is 1. The smallest absolute Gasteiger partial charge is 0.231 e. The summed E-state index contributed by atoms with van der Waals surface area (Å²) in [4.78, 5) is 22.6. The van der Waals surface area contributed by atoms with E-state index in [2.05, 4.69) is 35.7 Å². The minimum absolute atomic E-state index is 0.0541. The van der Waals surface area contributed by atoms with Gasteiger partial charge in [0.1, 0.15) is 17.0 Å². The molecule has 2 fully saturated rings. The van der Waals surface area contributed by atoms with Crippen LogP contribution in [0.4, 0.5) is 23.1 Å². The van der Waals surface area contributed by atoms with E-state index < -0.39 is 9.84 Å². The van der Waals surface area contributed by atoms with E-state index in [1.807, 2.05) is 24.3 Å². The van der Waals surface area contributed by atoms with Gasteiger partial charge in [-0.2, -0.15) is 15.1 Å². The summed E-state index contributed by atoms with van der Waals surface area (Å²) in [5.74, 6) is 1.12. The molecule has 1 saturated carbocycles. The Morgan fingerprint density at radius 3 is 2.45 bits per heavy atom. The van der Waals surface area contributed by atoms with E-state index in [0.29, 0.717) is 41.4 Å². The normalized spacial score (nSPS) is 17.2. The fourth-order valence-corrected chi connectivity index (χ4v) is 4.43. The molecule has 1 aliphatic heterocycles. The highest BCUT2D eigenvalue weighted by molar-refractivity contribution is 7.90. The average molecular weight is 442 g/mol. The molecule has 31 heavy (non-hydrogen) atoms. The number of fused-ring (bicyclic) bond motifs is 1. The lowest BCUT2D eigenvalue weighted by molar-refractivity contribution is -0.119. The standard InChI is InChI=1S/C20H23N7O3S/c1-31(29,30)19-16-17(21-12-2-3-12)23-20(24-18(16)25-26-19)22-13-4-6-14(7-5-13)27-10-8-15(28)9-11-27/h4-7,12H,2-3,8-11H2,1H3,(H3,21,22,23,24,25,26). The predicted octanol–water partition coefficient (Wildman–Crippen LogP) is 2.24. The number of H-pyrrole nitrogens is 1. The maximum atomic E-state index is 12.1. The van der Waals surface area contributed by atoms with Crippen molar-refractivity contribution in [3.8, 4) is 0 Å². The maximum Gasteiger partial charge on any atom is 0.231 e. The highest BCUT2D eigenvalue weighted by Crippen LogP contribution is 2.32. The van der Waals surface area contributed by atoms with Gasteiger partial charge in [0.15, 0.2) is 20.5 Å². The van der Waals surface area contributed by atoms with Crippen LogP contribution in [0, 0.1) is 0 Å². The number of piperidine rings is 1. The lowest BCUT2D eigenvalue weighted by atomic mass is 10.1. The second-order valence-corrected chi connectivity index (χ2v) is 9.97. The van der Waals surface area contributed by atoms with Gasteiger partial charge in [-0.15, -0.1) is 0 Å². The number of aromatic amines is 1. The molecule has 0 bridgehead atoms. The summed E-state index contributed by atoms with van der Waals surface area (Å²) in [5, 5.41) is 13.5. The molecule has 1 saturated heterocycles. The number of hydrogen-bond acceptors (Lipinski definition) is 9. The number of anilines is 4. The Labute approximate surface area is 179 Å². The van der Waals surface area contributed by atoms with E-state index in [1.165, 1.54) is 0 Å². The third-order valence-corrected chi connectivity index (χ3v) is 6.46. The number of nitrogens with one attached hydrogen (secondary N) is 3. The van der Waals surface area contributed by atoms with Crippen LogP contribution in [-0.2, 0) is 14.6 Å². The highest BCUT2D eigenvalue weighted by Gasteiger charge is 2.27. The van der Waals surface area contributed by atoms with Gasteiger partial charge in [0.25, 0.3) is 0 Å². The summed E-state index contributed by atoms with van der Waals surface area (Å²) in [6.07, 6.45) is 4.33.